The first-order valence-electron chi connectivity index (χ1n) is 5.65. The van der Waals surface area contributed by atoms with E-state index in [2.05, 4.69) is 0 Å². The van der Waals surface area contributed by atoms with Crippen LogP contribution < -0.4 is 0 Å². The number of carbonyl (C=O) groups is 2. The highest BCUT2D eigenvalue weighted by Crippen LogP contribution is 2.29. The number of Topliss-reactive ketones (excluding diaryl/α,β-unsaturated/α-hetero) is 1. The maximum Gasteiger partial charge on any atom is 0.259 e. The number of amides is 1. The van der Waals surface area contributed by atoms with Crippen LogP contribution in [-0.4, -0.2) is 28.7 Å². The molecule has 2 rings (SSSR count). The molecular weight excluding hydrogens is 257 g/mol. The van der Waals surface area contributed by atoms with E-state index in [4.69, 9.17) is 11.6 Å². The minimum atomic E-state index is -0.900. The number of ketones is 1. The Balaban J connectivity index is 2.42. The monoisotopic (exact) mass is 269 g/mol. The molecule has 0 unspecified atom stereocenters. The van der Waals surface area contributed by atoms with Crippen LogP contribution in [-0.2, 0) is 4.79 Å². The van der Waals surface area contributed by atoms with E-state index in [0.29, 0.717) is 13.0 Å². The Morgan fingerprint density at radius 1 is 1.44 bits per heavy atom. The quantitative estimate of drug-likeness (QED) is 0.786. The zero-order valence-corrected chi connectivity index (χ0v) is 10.9. The molecule has 0 bridgehead atoms. The average Bonchev–Trinajstić information content (AvgIpc) is 2.53. The molecule has 1 aliphatic rings. The van der Waals surface area contributed by atoms with Crippen molar-refractivity contribution in [1.82, 2.24) is 4.90 Å². The fourth-order valence-corrected chi connectivity index (χ4v) is 2.39. The van der Waals surface area contributed by atoms with Gasteiger partial charge in [-0.15, -0.1) is 0 Å². The van der Waals surface area contributed by atoms with Crippen molar-refractivity contribution in [1.29, 1.82) is 0 Å². The number of nitrogens with zero attached hydrogens (tertiary/aromatic N) is 1. The van der Waals surface area contributed by atoms with Gasteiger partial charge in [0.1, 0.15) is 5.82 Å². The van der Waals surface area contributed by atoms with Crippen molar-refractivity contribution in [3.63, 3.8) is 0 Å². The van der Waals surface area contributed by atoms with Gasteiger partial charge in [0, 0.05) is 13.0 Å². The molecule has 0 atom stereocenters. The number of halogens is 2. The number of benzene rings is 1. The molecule has 18 heavy (non-hydrogen) atoms. The number of hydrogen-bond acceptors (Lipinski definition) is 2. The molecule has 1 fully saturated rings. The van der Waals surface area contributed by atoms with Gasteiger partial charge >= 0.3 is 0 Å². The van der Waals surface area contributed by atoms with Crippen LogP contribution in [0.1, 0.15) is 30.6 Å². The van der Waals surface area contributed by atoms with Crippen LogP contribution in [0.2, 0.25) is 5.02 Å². The maximum absolute atomic E-state index is 13.7. The van der Waals surface area contributed by atoms with E-state index in [1.165, 1.54) is 23.1 Å². The summed E-state index contributed by atoms with van der Waals surface area (Å²) in [7, 11) is 0. The highest BCUT2D eigenvalue weighted by atomic mass is 35.5. The molecule has 0 radical (unpaired) electrons. The van der Waals surface area contributed by atoms with Crippen LogP contribution in [0.4, 0.5) is 4.39 Å². The zero-order valence-electron chi connectivity index (χ0n) is 10.2. The molecule has 1 aromatic rings. The van der Waals surface area contributed by atoms with Gasteiger partial charge in [-0.25, -0.2) is 4.39 Å². The summed E-state index contributed by atoms with van der Waals surface area (Å²) in [6.07, 6.45) is 0.296. The molecule has 0 aliphatic carbocycles. The van der Waals surface area contributed by atoms with Gasteiger partial charge in [-0.3, -0.25) is 9.59 Å². The van der Waals surface area contributed by atoms with Gasteiger partial charge in [0.15, 0.2) is 5.78 Å². The number of rotatable bonds is 1. The van der Waals surface area contributed by atoms with Crippen molar-refractivity contribution < 1.29 is 14.0 Å². The summed E-state index contributed by atoms with van der Waals surface area (Å²) < 4.78 is 13.7. The lowest BCUT2D eigenvalue weighted by atomic mass is 10.00. The summed E-state index contributed by atoms with van der Waals surface area (Å²) in [5.74, 6) is -1.22. The Morgan fingerprint density at radius 3 is 2.61 bits per heavy atom. The largest absolute Gasteiger partial charge is 0.326 e. The van der Waals surface area contributed by atoms with E-state index >= 15 is 0 Å². The van der Waals surface area contributed by atoms with Crippen LogP contribution in [0.3, 0.4) is 0 Å². The molecule has 1 aliphatic heterocycles. The number of carbonyl (C=O) groups excluding carboxylic acids is 2. The van der Waals surface area contributed by atoms with E-state index in [1.807, 2.05) is 0 Å². The van der Waals surface area contributed by atoms with E-state index < -0.39 is 17.3 Å². The fourth-order valence-electron chi connectivity index (χ4n) is 2.14. The summed E-state index contributed by atoms with van der Waals surface area (Å²) >= 11 is 5.86. The van der Waals surface area contributed by atoms with Crippen LogP contribution in [0, 0.1) is 5.82 Å². The van der Waals surface area contributed by atoms with E-state index in [1.54, 1.807) is 13.8 Å². The molecule has 1 amide bonds. The van der Waals surface area contributed by atoms with Crippen molar-refractivity contribution >= 4 is 23.3 Å². The summed E-state index contributed by atoms with van der Waals surface area (Å²) in [5, 5.41) is 0.0650. The van der Waals surface area contributed by atoms with Gasteiger partial charge in [0.2, 0.25) is 0 Å². The third kappa shape index (κ3) is 1.90. The van der Waals surface area contributed by atoms with E-state index in [0.717, 1.165) is 0 Å². The molecule has 5 heteroatoms. The lowest BCUT2D eigenvalue weighted by molar-refractivity contribution is -0.123. The predicted molar refractivity (Wildman–Crippen MR) is 66.1 cm³/mol. The highest BCUT2D eigenvalue weighted by molar-refractivity contribution is 6.34. The molecule has 3 nitrogen and oxygen atoms in total. The summed E-state index contributed by atoms with van der Waals surface area (Å²) in [6.45, 7) is 3.62. The molecule has 0 N–H and O–H groups in total. The molecule has 1 heterocycles. The van der Waals surface area contributed by atoms with Gasteiger partial charge in [0.25, 0.3) is 5.91 Å². The fraction of sp³-hybridized carbons (Fsp3) is 0.385. The average molecular weight is 270 g/mol. The van der Waals surface area contributed by atoms with Crippen molar-refractivity contribution in [2.24, 2.45) is 0 Å². The Labute approximate surface area is 110 Å². The minimum Gasteiger partial charge on any atom is -0.326 e. The maximum atomic E-state index is 13.7. The summed E-state index contributed by atoms with van der Waals surface area (Å²) in [6, 6.07) is 4.08. The number of hydrogen-bond donors (Lipinski definition) is 0. The van der Waals surface area contributed by atoms with E-state index in [9.17, 15) is 14.0 Å². The highest BCUT2D eigenvalue weighted by Gasteiger charge is 2.43. The lowest BCUT2D eigenvalue weighted by Crippen LogP contribution is -2.46. The third-order valence-electron chi connectivity index (χ3n) is 3.34. The van der Waals surface area contributed by atoms with Crippen molar-refractivity contribution in [3.05, 3.63) is 34.6 Å². The Morgan fingerprint density at radius 2 is 2.11 bits per heavy atom. The first kappa shape index (κ1) is 13.0. The Kier molecular flexibility index (Phi) is 3.15. The van der Waals surface area contributed by atoms with Crippen molar-refractivity contribution in [2.75, 3.05) is 6.54 Å². The second-order valence-corrected chi connectivity index (χ2v) is 5.19. The smallest absolute Gasteiger partial charge is 0.259 e. The van der Waals surface area contributed by atoms with Gasteiger partial charge in [-0.2, -0.15) is 0 Å². The van der Waals surface area contributed by atoms with E-state index in [-0.39, 0.29) is 16.4 Å². The standard InChI is InChI=1S/C13H13ClFNO2/c1-13(2)10(17)6-7-16(13)12(18)11-8(14)4-3-5-9(11)15/h3-5H,6-7H2,1-2H3. The van der Waals surface area contributed by atoms with Crippen molar-refractivity contribution in [2.45, 2.75) is 25.8 Å². The van der Waals surface area contributed by atoms with Crippen molar-refractivity contribution in [3.8, 4) is 0 Å². The lowest BCUT2D eigenvalue weighted by Gasteiger charge is -2.30. The van der Waals surface area contributed by atoms with Crippen LogP contribution >= 0.6 is 11.6 Å². The summed E-state index contributed by atoms with van der Waals surface area (Å²) in [5.41, 5.74) is -1.06. The number of likely N-dealkylation sites (tertiary alicyclic amines) is 1. The minimum absolute atomic E-state index is 0.0247. The SMILES string of the molecule is CC1(C)C(=O)CCN1C(=O)c1c(F)cccc1Cl. The predicted octanol–water partition coefficient (Wildman–Crippen LogP) is 2.67. The Bertz CT molecular complexity index is 507. The first-order valence-corrected chi connectivity index (χ1v) is 6.03. The second-order valence-electron chi connectivity index (χ2n) is 4.79. The normalized spacial score (nSPS) is 18.2. The first-order chi connectivity index (χ1) is 8.35. The molecular formula is C13H13ClFNO2. The van der Waals surface area contributed by atoms with Gasteiger partial charge in [-0.05, 0) is 26.0 Å². The molecule has 96 valence electrons. The molecule has 0 spiro atoms. The van der Waals surface area contributed by atoms with Gasteiger partial charge in [0.05, 0.1) is 16.1 Å². The zero-order chi connectivity index (χ0) is 13.5. The Hall–Kier alpha value is -1.42. The topological polar surface area (TPSA) is 37.4 Å². The molecule has 0 aromatic heterocycles. The second kappa shape index (κ2) is 4.35. The summed E-state index contributed by atoms with van der Waals surface area (Å²) in [4.78, 5) is 25.4. The molecule has 1 saturated heterocycles. The van der Waals surface area contributed by atoms with Gasteiger partial charge < -0.3 is 4.90 Å². The third-order valence-corrected chi connectivity index (χ3v) is 3.66. The van der Waals surface area contributed by atoms with Gasteiger partial charge in [-0.1, -0.05) is 17.7 Å². The van der Waals surface area contributed by atoms with Crippen LogP contribution in [0.15, 0.2) is 18.2 Å². The molecule has 0 saturated carbocycles. The molecule has 1 aromatic carbocycles. The van der Waals surface area contributed by atoms with Crippen LogP contribution in [0.5, 0.6) is 0 Å². The van der Waals surface area contributed by atoms with Crippen LogP contribution in [0.25, 0.3) is 0 Å².